The van der Waals surface area contributed by atoms with E-state index in [1.165, 1.54) is 6.07 Å². The number of aromatic nitrogens is 2. The zero-order chi connectivity index (χ0) is 24.1. The zero-order valence-electron chi connectivity index (χ0n) is 19.0. The number of sulfonamides is 1. The lowest BCUT2D eigenvalue weighted by Gasteiger charge is -2.21. The molecule has 0 saturated heterocycles. The first-order valence-electron chi connectivity index (χ1n) is 11.1. The van der Waals surface area contributed by atoms with Crippen molar-refractivity contribution in [3.8, 4) is 0 Å². The zero-order valence-corrected chi connectivity index (χ0v) is 20.6. The van der Waals surface area contributed by atoms with E-state index in [9.17, 15) is 13.2 Å². The van der Waals surface area contributed by atoms with E-state index in [1.54, 1.807) is 12.1 Å². The number of fused-ring (bicyclic) bond motifs is 1. The lowest BCUT2D eigenvalue weighted by atomic mass is 10.0. The molecule has 7 nitrogen and oxygen atoms in total. The molecule has 0 bridgehead atoms. The fourth-order valence-electron chi connectivity index (χ4n) is 3.90. The van der Waals surface area contributed by atoms with Crippen LogP contribution in [0.25, 0.3) is 11.0 Å². The molecule has 176 valence electrons. The minimum Gasteiger partial charge on any atom is -0.324 e. The average Bonchev–Trinajstić information content (AvgIpc) is 3.33. The van der Waals surface area contributed by atoms with E-state index in [2.05, 4.69) is 18.8 Å². The predicted octanol–water partition coefficient (Wildman–Crippen LogP) is 4.34. The molecule has 1 aromatic heterocycles. The quantitative estimate of drug-likeness (QED) is 0.360. The molecular weight excluding hydrogens is 468 g/mol. The summed E-state index contributed by atoms with van der Waals surface area (Å²) in [6.07, 6.45) is 1.70. The molecule has 0 radical (unpaired) electrons. The number of benzene rings is 3. The van der Waals surface area contributed by atoms with Crippen LogP contribution in [0.4, 0.5) is 5.69 Å². The average molecular weight is 495 g/mol. The molecule has 1 heterocycles. The van der Waals surface area contributed by atoms with Crippen molar-refractivity contribution in [2.45, 2.75) is 44.0 Å². The number of carbonyl (C=O) groups excluding carboxylic acids is 1. The Bertz CT molecular complexity index is 1380. The minimum atomic E-state index is -4.05. The Morgan fingerprint density at radius 3 is 2.26 bits per heavy atom. The van der Waals surface area contributed by atoms with Gasteiger partial charge in [0.25, 0.3) is 0 Å². The molecule has 0 spiro atoms. The maximum Gasteiger partial charge on any atom is 0.243 e. The van der Waals surface area contributed by atoms with Crippen molar-refractivity contribution in [1.29, 1.82) is 0 Å². The van der Waals surface area contributed by atoms with Crippen molar-refractivity contribution < 1.29 is 13.2 Å². The van der Waals surface area contributed by atoms with E-state index in [0.717, 1.165) is 46.9 Å². The third kappa shape index (κ3) is 5.16. The van der Waals surface area contributed by atoms with Crippen LogP contribution in [0.3, 0.4) is 0 Å². The van der Waals surface area contributed by atoms with Gasteiger partial charge in [-0.15, -0.1) is 0 Å². The molecule has 4 rings (SSSR count). The molecule has 1 amide bonds. The Hall–Kier alpha value is -3.14. The van der Waals surface area contributed by atoms with Gasteiger partial charge in [0.1, 0.15) is 22.0 Å². The van der Waals surface area contributed by atoms with Gasteiger partial charge in [-0.2, -0.15) is 13.5 Å². The molecule has 3 aromatic carbocycles. The van der Waals surface area contributed by atoms with Crippen LogP contribution >= 0.6 is 11.7 Å². The highest BCUT2D eigenvalue weighted by Crippen LogP contribution is 2.24. The van der Waals surface area contributed by atoms with Crippen LogP contribution in [0.2, 0.25) is 0 Å². The maximum atomic E-state index is 13.5. The van der Waals surface area contributed by atoms with Crippen molar-refractivity contribution >= 4 is 44.4 Å². The largest absolute Gasteiger partial charge is 0.324 e. The monoisotopic (exact) mass is 494 g/mol. The third-order valence-electron chi connectivity index (χ3n) is 5.68. The van der Waals surface area contributed by atoms with Crippen LogP contribution in [0.1, 0.15) is 30.5 Å². The summed E-state index contributed by atoms with van der Waals surface area (Å²) >= 11 is 0.949. The molecular formula is C25H26N4O3S2. The minimum absolute atomic E-state index is 0.00724. The number of amides is 1. The van der Waals surface area contributed by atoms with E-state index in [0.29, 0.717) is 11.0 Å². The Kier molecular flexibility index (Phi) is 7.35. The Morgan fingerprint density at radius 2 is 1.59 bits per heavy atom. The van der Waals surface area contributed by atoms with E-state index in [4.69, 9.17) is 0 Å². The molecule has 0 aliphatic rings. The molecule has 0 aliphatic heterocycles. The van der Waals surface area contributed by atoms with Crippen LogP contribution in [0, 0.1) is 0 Å². The van der Waals surface area contributed by atoms with Gasteiger partial charge in [-0.3, -0.25) is 4.79 Å². The highest BCUT2D eigenvalue weighted by molar-refractivity contribution is 7.89. The number of rotatable bonds is 9. The lowest BCUT2D eigenvalue weighted by Crippen LogP contribution is -2.45. The number of hydrogen-bond acceptors (Lipinski definition) is 6. The molecule has 9 heteroatoms. The smallest absolute Gasteiger partial charge is 0.243 e. The van der Waals surface area contributed by atoms with Gasteiger partial charge in [0.15, 0.2) is 0 Å². The Labute approximate surface area is 203 Å². The maximum absolute atomic E-state index is 13.5. The standard InChI is InChI=1S/C25H26N4O3S2/c1-3-18-12-8-13-19(4-2)23(18)26-25(30)21(16-17-10-6-5-7-11-17)29-34(31,32)22-15-9-14-20-24(22)28-33-27-20/h5-15,21,29H,3-4,16H2,1-2H3,(H,26,30)/t21-/m1/s1. The number of nitrogens with zero attached hydrogens (tertiary/aromatic N) is 2. The summed E-state index contributed by atoms with van der Waals surface area (Å²) in [6.45, 7) is 4.05. The normalized spacial score (nSPS) is 12.5. The predicted molar refractivity (Wildman–Crippen MR) is 135 cm³/mol. The number of anilines is 1. The molecule has 0 unspecified atom stereocenters. The molecule has 0 aliphatic carbocycles. The van der Waals surface area contributed by atoms with Crippen LogP contribution in [-0.2, 0) is 34.1 Å². The van der Waals surface area contributed by atoms with Gasteiger partial charge >= 0.3 is 0 Å². The lowest BCUT2D eigenvalue weighted by molar-refractivity contribution is -0.117. The third-order valence-corrected chi connectivity index (χ3v) is 7.73. The summed E-state index contributed by atoms with van der Waals surface area (Å²) in [5.74, 6) is -0.411. The molecule has 0 fully saturated rings. The van der Waals surface area contributed by atoms with Gasteiger partial charge in [-0.05, 0) is 48.1 Å². The summed E-state index contributed by atoms with van der Waals surface area (Å²) in [5.41, 5.74) is 4.41. The van der Waals surface area contributed by atoms with Crippen LogP contribution in [0.5, 0.6) is 0 Å². The van der Waals surface area contributed by atoms with Gasteiger partial charge in [-0.1, -0.05) is 68.4 Å². The second-order valence-corrected chi connectivity index (χ2v) is 10.1. The fraction of sp³-hybridized carbons (Fsp3) is 0.240. The fourth-order valence-corrected chi connectivity index (χ4v) is 5.86. The van der Waals surface area contributed by atoms with Crippen LogP contribution in [0.15, 0.2) is 71.6 Å². The summed E-state index contributed by atoms with van der Waals surface area (Å²) in [7, 11) is -4.05. The number of para-hydroxylation sites is 1. The van der Waals surface area contributed by atoms with Crippen LogP contribution in [-0.4, -0.2) is 29.1 Å². The van der Waals surface area contributed by atoms with E-state index >= 15 is 0 Å². The van der Waals surface area contributed by atoms with Crippen molar-refractivity contribution in [1.82, 2.24) is 13.5 Å². The second-order valence-electron chi connectivity index (χ2n) is 7.90. The van der Waals surface area contributed by atoms with Crippen molar-refractivity contribution in [2.75, 3.05) is 5.32 Å². The highest BCUT2D eigenvalue weighted by atomic mass is 32.2. The Morgan fingerprint density at radius 1 is 0.912 bits per heavy atom. The van der Waals surface area contributed by atoms with Crippen LogP contribution < -0.4 is 10.0 Å². The highest BCUT2D eigenvalue weighted by Gasteiger charge is 2.29. The molecule has 0 saturated carbocycles. The number of carbonyl (C=O) groups is 1. The van der Waals surface area contributed by atoms with Crippen molar-refractivity contribution in [3.63, 3.8) is 0 Å². The first-order chi connectivity index (χ1) is 16.4. The van der Waals surface area contributed by atoms with Gasteiger partial charge in [0, 0.05) is 5.69 Å². The van der Waals surface area contributed by atoms with Gasteiger partial charge in [0.2, 0.25) is 15.9 Å². The number of nitrogens with one attached hydrogen (secondary N) is 2. The summed E-state index contributed by atoms with van der Waals surface area (Å²) in [6, 6.07) is 19.1. The molecule has 4 aromatic rings. The van der Waals surface area contributed by atoms with Gasteiger partial charge in [0.05, 0.1) is 11.7 Å². The summed E-state index contributed by atoms with van der Waals surface area (Å²) < 4.78 is 37.7. The first kappa shape index (κ1) is 24.0. The van der Waals surface area contributed by atoms with E-state index in [1.807, 2.05) is 62.4 Å². The first-order valence-corrected chi connectivity index (χ1v) is 13.3. The van der Waals surface area contributed by atoms with Crippen molar-refractivity contribution in [2.24, 2.45) is 0 Å². The molecule has 2 N–H and O–H groups in total. The van der Waals surface area contributed by atoms with Gasteiger partial charge < -0.3 is 5.32 Å². The molecule has 1 atom stereocenters. The number of aryl methyl sites for hydroxylation is 2. The van der Waals surface area contributed by atoms with Gasteiger partial charge in [-0.25, -0.2) is 8.42 Å². The summed E-state index contributed by atoms with van der Waals surface area (Å²) in [4.78, 5) is 13.5. The van der Waals surface area contributed by atoms with E-state index in [-0.39, 0.29) is 11.3 Å². The SMILES string of the molecule is CCc1cccc(CC)c1NC(=O)[C@@H](Cc1ccccc1)NS(=O)(=O)c1cccc2nsnc12. The topological polar surface area (TPSA) is 101 Å². The second kappa shape index (κ2) is 10.4. The molecule has 34 heavy (non-hydrogen) atoms. The van der Waals surface area contributed by atoms with Crippen molar-refractivity contribution in [3.05, 3.63) is 83.4 Å². The van der Waals surface area contributed by atoms with E-state index < -0.39 is 22.0 Å². The number of hydrogen-bond donors (Lipinski definition) is 2. The summed E-state index contributed by atoms with van der Waals surface area (Å²) in [5, 5.41) is 3.02. The Balaban J connectivity index is 1.69.